The molecule has 2 amide bonds. The fourth-order valence-corrected chi connectivity index (χ4v) is 1.90. The number of nitrogens with zero attached hydrogens (tertiary/aromatic N) is 1. The van der Waals surface area contributed by atoms with Gasteiger partial charge in [-0.25, -0.2) is 0 Å². The molecule has 1 aromatic rings. The Hall–Kier alpha value is -1.26. The molecule has 0 aliphatic heterocycles. The van der Waals surface area contributed by atoms with E-state index in [1.165, 1.54) is 0 Å². The van der Waals surface area contributed by atoms with Crippen LogP contribution >= 0.6 is 23.2 Å². The van der Waals surface area contributed by atoms with E-state index in [1.54, 1.807) is 23.1 Å². The Morgan fingerprint density at radius 1 is 1.16 bits per heavy atom. The Balaban J connectivity index is 2.60. The van der Waals surface area contributed by atoms with Crippen LogP contribution in [-0.4, -0.2) is 29.8 Å². The summed E-state index contributed by atoms with van der Waals surface area (Å²) < 4.78 is 0. The fraction of sp³-hybridized carbons (Fsp3) is 0.385. The van der Waals surface area contributed by atoms with Crippen molar-refractivity contribution in [3.8, 4) is 0 Å². The number of nitrogens with one attached hydrogen (secondary N) is 1. The van der Waals surface area contributed by atoms with Gasteiger partial charge in [-0.15, -0.1) is 0 Å². The Kier molecular flexibility index (Phi) is 6.12. The van der Waals surface area contributed by atoms with Crippen LogP contribution in [0.4, 0.5) is 5.69 Å². The van der Waals surface area contributed by atoms with Gasteiger partial charge in [0.05, 0.1) is 10.0 Å². The van der Waals surface area contributed by atoms with Crippen LogP contribution in [0.2, 0.25) is 10.0 Å². The molecule has 1 rings (SSSR count). The molecular formula is C13H16Cl2N2O2. The minimum atomic E-state index is -0.365. The second-order valence-electron chi connectivity index (χ2n) is 3.92. The van der Waals surface area contributed by atoms with Crippen LogP contribution in [0.1, 0.15) is 20.3 Å². The number of anilines is 1. The third kappa shape index (κ3) is 4.73. The van der Waals surface area contributed by atoms with Crippen LogP contribution in [-0.2, 0) is 9.59 Å². The highest BCUT2D eigenvalue weighted by molar-refractivity contribution is 6.42. The first-order valence-corrected chi connectivity index (χ1v) is 6.76. The summed E-state index contributed by atoms with van der Waals surface area (Å²) in [5, 5.41) is 3.39. The molecule has 104 valence electrons. The van der Waals surface area contributed by atoms with Gasteiger partial charge in [0, 0.05) is 18.8 Å². The smallest absolute Gasteiger partial charge is 0.233 e. The van der Waals surface area contributed by atoms with E-state index in [4.69, 9.17) is 23.2 Å². The number of hydrogen-bond acceptors (Lipinski definition) is 2. The molecule has 0 aliphatic carbocycles. The molecule has 4 nitrogen and oxygen atoms in total. The van der Waals surface area contributed by atoms with Crippen LogP contribution in [0.25, 0.3) is 0 Å². The zero-order chi connectivity index (χ0) is 14.4. The van der Waals surface area contributed by atoms with Crippen LogP contribution < -0.4 is 5.32 Å². The molecule has 1 N–H and O–H groups in total. The summed E-state index contributed by atoms with van der Waals surface area (Å²) in [7, 11) is 0. The molecule has 0 bridgehead atoms. The molecule has 6 heteroatoms. The highest BCUT2D eigenvalue weighted by Crippen LogP contribution is 2.25. The third-order valence-electron chi connectivity index (χ3n) is 2.63. The standard InChI is InChI=1S/C13H16Cl2N2O2/c1-3-17(4-2)13(19)8-12(18)16-9-5-6-10(14)11(15)7-9/h5-7H,3-4,8H2,1-2H3,(H,16,18). The monoisotopic (exact) mass is 302 g/mol. The average molecular weight is 303 g/mol. The molecule has 0 saturated carbocycles. The summed E-state index contributed by atoms with van der Waals surface area (Å²) in [5.41, 5.74) is 0.520. The molecular weight excluding hydrogens is 287 g/mol. The van der Waals surface area contributed by atoms with Gasteiger partial charge in [0.15, 0.2) is 0 Å². The van der Waals surface area contributed by atoms with E-state index in [1.807, 2.05) is 13.8 Å². The van der Waals surface area contributed by atoms with Gasteiger partial charge in [-0.3, -0.25) is 9.59 Å². The molecule has 1 aromatic carbocycles. The minimum Gasteiger partial charge on any atom is -0.343 e. The molecule has 0 unspecified atom stereocenters. The Morgan fingerprint density at radius 3 is 2.32 bits per heavy atom. The zero-order valence-corrected chi connectivity index (χ0v) is 12.4. The third-order valence-corrected chi connectivity index (χ3v) is 3.37. The van der Waals surface area contributed by atoms with Gasteiger partial charge in [-0.1, -0.05) is 23.2 Å². The first-order chi connectivity index (χ1) is 8.97. The molecule has 0 fully saturated rings. The van der Waals surface area contributed by atoms with E-state index in [0.29, 0.717) is 28.8 Å². The Labute approximate surface area is 122 Å². The number of carbonyl (C=O) groups is 2. The Bertz CT molecular complexity index is 474. The Morgan fingerprint density at radius 2 is 1.79 bits per heavy atom. The average Bonchev–Trinajstić information content (AvgIpc) is 2.35. The fourth-order valence-electron chi connectivity index (χ4n) is 1.60. The molecule has 0 radical (unpaired) electrons. The van der Waals surface area contributed by atoms with Crippen molar-refractivity contribution in [1.82, 2.24) is 4.90 Å². The van der Waals surface area contributed by atoms with Gasteiger partial charge < -0.3 is 10.2 Å². The number of hydrogen-bond donors (Lipinski definition) is 1. The molecule has 0 saturated heterocycles. The van der Waals surface area contributed by atoms with E-state index in [9.17, 15) is 9.59 Å². The van der Waals surface area contributed by atoms with Crippen LogP contribution in [0.3, 0.4) is 0 Å². The van der Waals surface area contributed by atoms with E-state index in [2.05, 4.69) is 5.32 Å². The summed E-state index contributed by atoms with van der Waals surface area (Å²) in [6.45, 7) is 4.93. The molecule has 19 heavy (non-hydrogen) atoms. The van der Waals surface area contributed by atoms with Crippen molar-refractivity contribution in [3.05, 3.63) is 28.2 Å². The van der Waals surface area contributed by atoms with Crippen molar-refractivity contribution in [1.29, 1.82) is 0 Å². The van der Waals surface area contributed by atoms with Crippen molar-refractivity contribution in [2.45, 2.75) is 20.3 Å². The van der Waals surface area contributed by atoms with Gasteiger partial charge in [0.1, 0.15) is 6.42 Å². The lowest BCUT2D eigenvalue weighted by molar-refractivity contribution is -0.134. The number of benzene rings is 1. The maximum atomic E-state index is 11.7. The van der Waals surface area contributed by atoms with Crippen molar-refractivity contribution >= 4 is 40.7 Å². The first-order valence-electron chi connectivity index (χ1n) is 6.00. The van der Waals surface area contributed by atoms with E-state index >= 15 is 0 Å². The first kappa shape index (κ1) is 15.8. The quantitative estimate of drug-likeness (QED) is 0.849. The van der Waals surface area contributed by atoms with Crippen molar-refractivity contribution in [2.24, 2.45) is 0 Å². The highest BCUT2D eigenvalue weighted by Gasteiger charge is 2.14. The zero-order valence-electron chi connectivity index (χ0n) is 10.9. The van der Waals surface area contributed by atoms with Gasteiger partial charge in [-0.05, 0) is 32.0 Å². The van der Waals surface area contributed by atoms with Gasteiger partial charge in [-0.2, -0.15) is 0 Å². The molecule has 0 aromatic heterocycles. The van der Waals surface area contributed by atoms with E-state index < -0.39 is 0 Å². The number of halogens is 2. The van der Waals surface area contributed by atoms with E-state index in [-0.39, 0.29) is 18.2 Å². The summed E-state index contributed by atoms with van der Waals surface area (Å²) in [6, 6.07) is 4.77. The van der Waals surface area contributed by atoms with Crippen LogP contribution in [0.15, 0.2) is 18.2 Å². The van der Waals surface area contributed by atoms with Gasteiger partial charge in [0.25, 0.3) is 0 Å². The highest BCUT2D eigenvalue weighted by atomic mass is 35.5. The largest absolute Gasteiger partial charge is 0.343 e. The topological polar surface area (TPSA) is 49.4 Å². The summed E-state index contributed by atoms with van der Waals surface area (Å²) in [4.78, 5) is 25.1. The molecule has 0 atom stereocenters. The molecule has 0 aliphatic rings. The van der Waals surface area contributed by atoms with Gasteiger partial charge in [0.2, 0.25) is 11.8 Å². The second kappa shape index (κ2) is 7.36. The predicted molar refractivity (Wildman–Crippen MR) is 77.6 cm³/mol. The summed E-state index contributed by atoms with van der Waals surface area (Å²) >= 11 is 11.6. The van der Waals surface area contributed by atoms with Crippen LogP contribution in [0.5, 0.6) is 0 Å². The summed E-state index contributed by atoms with van der Waals surface area (Å²) in [6.07, 6.45) is -0.179. The van der Waals surface area contributed by atoms with Crippen molar-refractivity contribution < 1.29 is 9.59 Å². The molecule has 0 heterocycles. The maximum absolute atomic E-state index is 11.7. The SMILES string of the molecule is CCN(CC)C(=O)CC(=O)Nc1ccc(Cl)c(Cl)c1. The lowest BCUT2D eigenvalue weighted by atomic mass is 10.3. The maximum Gasteiger partial charge on any atom is 0.233 e. The normalized spacial score (nSPS) is 10.1. The van der Waals surface area contributed by atoms with Crippen molar-refractivity contribution in [2.75, 3.05) is 18.4 Å². The predicted octanol–water partition coefficient (Wildman–Crippen LogP) is 3.19. The number of amides is 2. The van der Waals surface area contributed by atoms with Gasteiger partial charge >= 0.3 is 0 Å². The van der Waals surface area contributed by atoms with E-state index in [0.717, 1.165) is 0 Å². The lowest BCUT2D eigenvalue weighted by Crippen LogP contribution is -2.33. The second-order valence-corrected chi connectivity index (χ2v) is 4.73. The molecule has 0 spiro atoms. The summed E-state index contributed by atoms with van der Waals surface area (Å²) in [5.74, 6) is -0.558. The lowest BCUT2D eigenvalue weighted by Gasteiger charge is -2.18. The number of rotatable bonds is 5. The van der Waals surface area contributed by atoms with Crippen LogP contribution in [0, 0.1) is 0 Å². The minimum absolute atomic E-state index is 0.179. The number of carbonyl (C=O) groups excluding carboxylic acids is 2. The van der Waals surface area contributed by atoms with Crippen molar-refractivity contribution in [3.63, 3.8) is 0 Å².